The number of amides is 1. The second-order valence-electron chi connectivity index (χ2n) is 8.88. The highest BCUT2D eigenvalue weighted by atomic mass is 32.2. The average Bonchev–Trinajstić information content (AvgIpc) is 3.37. The zero-order chi connectivity index (χ0) is 23.7. The number of aromatic nitrogens is 2. The van der Waals surface area contributed by atoms with Gasteiger partial charge in [-0.2, -0.15) is 0 Å². The van der Waals surface area contributed by atoms with E-state index in [1.165, 1.54) is 11.8 Å². The van der Waals surface area contributed by atoms with Gasteiger partial charge in [0, 0.05) is 24.4 Å². The number of fused-ring (bicyclic) bond motifs is 1. The lowest BCUT2D eigenvalue weighted by atomic mass is 10.1. The molecule has 1 aromatic heterocycles. The van der Waals surface area contributed by atoms with E-state index in [-0.39, 0.29) is 11.5 Å². The Morgan fingerprint density at radius 2 is 1.62 bits per heavy atom. The molecule has 1 aliphatic rings. The predicted molar refractivity (Wildman–Crippen MR) is 138 cm³/mol. The van der Waals surface area contributed by atoms with E-state index in [2.05, 4.69) is 6.07 Å². The second kappa shape index (κ2) is 9.47. The SMILES string of the molecule is Cc1cc(C)cc(-n2c(SCc3ccc(C(=O)N4CCCC4)cc3)nc3ccccc3c2=O)c1. The van der Waals surface area contributed by atoms with Gasteiger partial charge in [0.25, 0.3) is 11.5 Å². The molecule has 6 heteroatoms. The summed E-state index contributed by atoms with van der Waals surface area (Å²) in [6, 6.07) is 21.4. The van der Waals surface area contributed by atoms with E-state index >= 15 is 0 Å². The van der Waals surface area contributed by atoms with Crippen LogP contribution in [0.4, 0.5) is 0 Å². The second-order valence-corrected chi connectivity index (χ2v) is 9.83. The van der Waals surface area contributed by atoms with Crippen molar-refractivity contribution in [1.29, 1.82) is 0 Å². The Morgan fingerprint density at radius 3 is 2.32 bits per heavy atom. The molecule has 1 amide bonds. The number of thioether (sulfide) groups is 1. The molecular weight excluding hydrogens is 442 g/mol. The first-order valence-electron chi connectivity index (χ1n) is 11.6. The first-order valence-corrected chi connectivity index (χ1v) is 12.6. The van der Waals surface area contributed by atoms with Crippen LogP contribution in [0, 0.1) is 13.8 Å². The van der Waals surface area contributed by atoms with Crippen LogP contribution in [0.3, 0.4) is 0 Å². The normalized spacial score (nSPS) is 13.5. The zero-order valence-electron chi connectivity index (χ0n) is 19.5. The van der Waals surface area contributed by atoms with Crippen LogP contribution in [0.25, 0.3) is 16.6 Å². The van der Waals surface area contributed by atoms with Crippen molar-refractivity contribution in [3.63, 3.8) is 0 Å². The number of hydrogen-bond acceptors (Lipinski definition) is 4. The third-order valence-corrected chi connectivity index (χ3v) is 7.18. The summed E-state index contributed by atoms with van der Waals surface area (Å²) in [5.41, 5.74) is 5.47. The molecule has 3 aromatic carbocycles. The van der Waals surface area contributed by atoms with Crippen molar-refractivity contribution in [3.05, 3.63) is 99.3 Å². The molecule has 0 radical (unpaired) electrons. The zero-order valence-corrected chi connectivity index (χ0v) is 20.3. The number of para-hydroxylation sites is 1. The van der Waals surface area contributed by atoms with E-state index < -0.39 is 0 Å². The van der Waals surface area contributed by atoms with Crippen molar-refractivity contribution in [2.45, 2.75) is 37.6 Å². The fourth-order valence-electron chi connectivity index (χ4n) is 4.51. The molecule has 0 N–H and O–H groups in total. The van der Waals surface area contributed by atoms with Crippen LogP contribution in [0.2, 0.25) is 0 Å². The Bertz CT molecular complexity index is 1400. The highest BCUT2D eigenvalue weighted by Gasteiger charge is 2.19. The Morgan fingerprint density at radius 1 is 0.941 bits per heavy atom. The van der Waals surface area contributed by atoms with E-state index in [1.807, 2.05) is 79.4 Å². The van der Waals surface area contributed by atoms with Crippen molar-refractivity contribution in [2.75, 3.05) is 13.1 Å². The van der Waals surface area contributed by atoms with Crippen molar-refractivity contribution >= 4 is 28.6 Å². The summed E-state index contributed by atoms with van der Waals surface area (Å²) in [7, 11) is 0. The lowest BCUT2D eigenvalue weighted by Crippen LogP contribution is -2.27. The van der Waals surface area contributed by atoms with Crippen LogP contribution in [0.15, 0.2) is 76.7 Å². The molecule has 0 spiro atoms. The average molecular weight is 470 g/mol. The van der Waals surface area contributed by atoms with Gasteiger partial charge in [0.15, 0.2) is 5.16 Å². The molecule has 172 valence electrons. The number of rotatable bonds is 5. The topological polar surface area (TPSA) is 55.2 Å². The summed E-state index contributed by atoms with van der Waals surface area (Å²) in [6.07, 6.45) is 2.17. The number of carbonyl (C=O) groups excluding carboxylic acids is 1. The van der Waals surface area contributed by atoms with Gasteiger partial charge in [-0.3, -0.25) is 14.2 Å². The monoisotopic (exact) mass is 469 g/mol. The number of aryl methyl sites for hydroxylation is 2. The van der Waals surface area contributed by atoms with Gasteiger partial charge in [-0.15, -0.1) is 0 Å². The number of benzene rings is 3. The molecule has 0 unspecified atom stereocenters. The fraction of sp³-hybridized carbons (Fsp3) is 0.250. The predicted octanol–water partition coefficient (Wildman–Crippen LogP) is 5.53. The maximum Gasteiger partial charge on any atom is 0.266 e. The van der Waals surface area contributed by atoms with Crippen molar-refractivity contribution < 1.29 is 4.79 Å². The number of hydrogen-bond donors (Lipinski definition) is 0. The first kappa shape index (κ1) is 22.4. The van der Waals surface area contributed by atoms with E-state index in [0.717, 1.165) is 53.9 Å². The van der Waals surface area contributed by atoms with Gasteiger partial charge in [0.1, 0.15) is 0 Å². The highest BCUT2D eigenvalue weighted by Crippen LogP contribution is 2.26. The largest absolute Gasteiger partial charge is 0.339 e. The minimum absolute atomic E-state index is 0.0651. The summed E-state index contributed by atoms with van der Waals surface area (Å²) >= 11 is 1.53. The van der Waals surface area contributed by atoms with E-state index in [1.54, 1.807) is 4.57 Å². The summed E-state index contributed by atoms with van der Waals surface area (Å²) < 4.78 is 1.72. The molecule has 4 aromatic rings. The van der Waals surface area contributed by atoms with Gasteiger partial charge in [-0.05, 0) is 79.8 Å². The summed E-state index contributed by atoms with van der Waals surface area (Å²) in [5.74, 6) is 0.755. The maximum absolute atomic E-state index is 13.5. The minimum atomic E-state index is -0.0651. The molecule has 1 aliphatic heterocycles. The lowest BCUT2D eigenvalue weighted by Gasteiger charge is -2.16. The lowest BCUT2D eigenvalue weighted by molar-refractivity contribution is 0.0793. The maximum atomic E-state index is 13.5. The Labute approximate surface area is 203 Å². The number of carbonyl (C=O) groups is 1. The molecule has 5 rings (SSSR count). The molecular formula is C28H27N3O2S. The van der Waals surface area contributed by atoms with Gasteiger partial charge < -0.3 is 4.90 Å². The van der Waals surface area contributed by atoms with E-state index in [9.17, 15) is 9.59 Å². The van der Waals surface area contributed by atoms with Gasteiger partial charge in [-0.1, -0.05) is 42.1 Å². The third-order valence-electron chi connectivity index (χ3n) is 6.17. The molecule has 0 atom stereocenters. The summed E-state index contributed by atoms with van der Waals surface area (Å²) in [4.78, 5) is 32.9. The molecule has 1 saturated heterocycles. The molecule has 5 nitrogen and oxygen atoms in total. The Kier molecular flexibility index (Phi) is 6.24. The van der Waals surface area contributed by atoms with Crippen LogP contribution in [-0.2, 0) is 5.75 Å². The van der Waals surface area contributed by atoms with Crippen LogP contribution in [-0.4, -0.2) is 33.4 Å². The van der Waals surface area contributed by atoms with Crippen LogP contribution in [0.5, 0.6) is 0 Å². The van der Waals surface area contributed by atoms with Gasteiger partial charge in [-0.25, -0.2) is 4.98 Å². The van der Waals surface area contributed by atoms with E-state index in [0.29, 0.717) is 21.8 Å². The van der Waals surface area contributed by atoms with Gasteiger partial charge >= 0.3 is 0 Å². The molecule has 1 fully saturated rings. The van der Waals surface area contributed by atoms with E-state index in [4.69, 9.17) is 4.98 Å². The summed E-state index contributed by atoms with van der Waals surface area (Å²) in [5, 5.41) is 1.27. The standard InChI is InChI=1S/C28H27N3O2S/c1-19-15-20(2)17-23(16-19)31-27(33)24-7-3-4-8-25(24)29-28(31)34-18-21-9-11-22(12-10-21)26(32)30-13-5-6-14-30/h3-4,7-12,15-17H,5-6,13-14,18H2,1-2H3. The number of likely N-dealkylation sites (tertiary alicyclic amines) is 1. The van der Waals surface area contributed by atoms with Crippen LogP contribution < -0.4 is 5.56 Å². The quantitative estimate of drug-likeness (QED) is 0.285. The Balaban J connectivity index is 1.46. The van der Waals surface area contributed by atoms with Crippen molar-refractivity contribution in [3.8, 4) is 5.69 Å². The first-order chi connectivity index (χ1) is 16.5. The van der Waals surface area contributed by atoms with Crippen molar-refractivity contribution in [2.24, 2.45) is 0 Å². The molecule has 0 bridgehead atoms. The van der Waals surface area contributed by atoms with Gasteiger partial charge in [0.2, 0.25) is 0 Å². The summed E-state index contributed by atoms with van der Waals surface area (Å²) in [6.45, 7) is 5.77. The minimum Gasteiger partial charge on any atom is -0.339 e. The van der Waals surface area contributed by atoms with Crippen LogP contribution in [0.1, 0.15) is 39.9 Å². The fourth-order valence-corrected chi connectivity index (χ4v) is 5.48. The Hall–Kier alpha value is -3.38. The smallest absolute Gasteiger partial charge is 0.266 e. The molecule has 34 heavy (non-hydrogen) atoms. The molecule has 0 aliphatic carbocycles. The van der Waals surface area contributed by atoms with Crippen LogP contribution >= 0.6 is 11.8 Å². The third kappa shape index (κ3) is 4.50. The molecule has 2 heterocycles. The highest BCUT2D eigenvalue weighted by molar-refractivity contribution is 7.98. The van der Waals surface area contributed by atoms with Gasteiger partial charge in [0.05, 0.1) is 16.6 Å². The van der Waals surface area contributed by atoms with Crippen molar-refractivity contribution in [1.82, 2.24) is 14.5 Å². The number of nitrogens with zero attached hydrogens (tertiary/aromatic N) is 3. The molecule has 0 saturated carbocycles.